The molecule has 2 rings (SSSR count). The standard InChI is InChI=1S/C14H18F2N4O2S/c1-10(19-12-7-18-20(8-12)9-14(15)16)11-3-5-13(6-4-11)23(21,22)17-2/h3-8,10,14,17,19H,9H2,1-2H3/t10-/m1/s1. The molecule has 6 nitrogen and oxygen atoms in total. The van der Waals surface area contributed by atoms with Gasteiger partial charge >= 0.3 is 0 Å². The minimum Gasteiger partial charge on any atom is -0.376 e. The molecule has 2 N–H and O–H groups in total. The van der Waals surface area contributed by atoms with Crippen LogP contribution in [0.5, 0.6) is 0 Å². The molecule has 0 aliphatic carbocycles. The number of aromatic nitrogens is 2. The van der Waals surface area contributed by atoms with E-state index in [1.165, 1.54) is 36.3 Å². The van der Waals surface area contributed by atoms with E-state index in [1.54, 1.807) is 12.1 Å². The Labute approximate surface area is 133 Å². The van der Waals surface area contributed by atoms with E-state index in [4.69, 9.17) is 0 Å². The van der Waals surface area contributed by atoms with Crippen LogP contribution in [0.4, 0.5) is 14.5 Å². The van der Waals surface area contributed by atoms with Crippen LogP contribution < -0.4 is 10.0 Å². The summed E-state index contributed by atoms with van der Waals surface area (Å²) < 4.78 is 51.3. The highest BCUT2D eigenvalue weighted by atomic mass is 32.2. The minimum absolute atomic E-state index is 0.134. The molecule has 0 radical (unpaired) electrons. The fourth-order valence-electron chi connectivity index (χ4n) is 2.07. The molecule has 0 saturated heterocycles. The van der Waals surface area contributed by atoms with Crippen molar-refractivity contribution >= 4 is 15.7 Å². The lowest BCUT2D eigenvalue weighted by Gasteiger charge is -2.14. The number of benzene rings is 1. The predicted octanol–water partition coefficient (Wildman–Crippen LogP) is 2.23. The number of anilines is 1. The number of nitrogens with zero attached hydrogens (tertiary/aromatic N) is 2. The number of hydrogen-bond acceptors (Lipinski definition) is 4. The molecule has 1 aromatic carbocycles. The summed E-state index contributed by atoms with van der Waals surface area (Å²) >= 11 is 0. The SMILES string of the molecule is CNS(=O)(=O)c1ccc([C@@H](C)Nc2cnn(CC(F)F)c2)cc1. The van der Waals surface area contributed by atoms with Crippen LogP contribution in [-0.2, 0) is 16.6 Å². The fraction of sp³-hybridized carbons (Fsp3) is 0.357. The van der Waals surface area contributed by atoms with Crippen molar-refractivity contribution in [3.05, 3.63) is 42.2 Å². The summed E-state index contributed by atoms with van der Waals surface area (Å²) in [7, 11) is -2.11. The topological polar surface area (TPSA) is 76.0 Å². The van der Waals surface area contributed by atoms with Crippen molar-refractivity contribution in [2.45, 2.75) is 30.8 Å². The predicted molar refractivity (Wildman–Crippen MR) is 83.0 cm³/mol. The van der Waals surface area contributed by atoms with Gasteiger partial charge in [0.05, 0.1) is 16.8 Å². The van der Waals surface area contributed by atoms with E-state index >= 15 is 0 Å². The van der Waals surface area contributed by atoms with Gasteiger partial charge in [-0.1, -0.05) is 12.1 Å². The lowest BCUT2D eigenvalue weighted by molar-refractivity contribution is 0.122. The van der Waals surface area contributed by atoms with Crippen molar-refractivity contribution in [1.29, 1.82) is 0 Å². The van der Waals surface area contributed by atoms with Gasteiger partial charge in [0.15, 0.2) is 0 Å². The largest absolute Gasteiger partial charge is 0.376 e. The normalized spacial score (nSPS) is 13.3. The van der Waals surface area contributed by atoms with Gasteiger partial charge in [0.25, 0.3) is 6.43 Å². The molecule has 126 valence electrons. The van der Waals surface area contributed by atoms with Gasteiger partial charge in [-0.15, -0.1) is 0 Å². The third-order valence-electron chi connectivity index (χ3n) is 3.30. The Hall–Kier alpha value is -2.00. The zero-order chi connectivity index (χ0) is 17.0. The zero-order valence-electron chi connectivity index (χ0n) is 12.7. The summed E-state index contributed by atoms with van der Waals surface area (Å²) in [6, 6.07) is 6.29. The van der Waals surface area contributed by atoms with E-state index in [1.807, 2.05) is 6.92 Å². The highest BCUT2D eigenvalue weighted by Crippen LogP contribution is 2.20. The molecule has 0 aliphatic heterocycles. The molecule has 0 unspecified atom stereocenters. The molecule has 2 aromatic rings. The Kier molecular flexibility index (Phi) is 5.32. The van der Waals surface area contributed by atoms with Crippen molar-refractivity contribution in [1.82, 2.24) is 14.5 Å². The van der Waals surface area contributed by atoms with Crippen LogP contribution in [0.2, 0.25) is 0 Å². The van der Waals surface area contributed by atoms with Gasteiger partial charge in [-0.05, 0) is 31.7 Å². The van der Waals surface area contributed by atoms with Crippen molar-refractivity contribution in [2.75, 3.05) is 12.4 Å². The smallest absolute Gasteiger partial charge is 0.257 e. The van der Waals surface area contributed by atoms with Gasteiger partial charge in [-0.2, -0.15) is 5.10 Å². The van der Waals surface area contributed by atoms with Gasteiger partial charge in [-0.25, -0.2) is 21.9 Å². The lowest BCUT2D eigenvalue weighted by Crippen LogP contribution is -2.18. The molecular formula is C14H18F2N4O2S. The van der Waals surface area contributed by atoms with Gasteiger partial charge in [0.2, 0.25) is 10.0 Å². The summed E-state index contributed by atoms with van der Waals surface area (Å²) in [4.78, 5) is 0.181. The summed E-state index contributed by atoms with van der Waals surface area (Å²) in [5, 5.41) is 6.98. The highest BCUT2D eigenvalue weighted by molar-refractivity contribution is 7.89. The van der Waals surface area contributed by atoms with Gasteiger partial charge in [0.1, 0.15) is 6.54 Å². The van der Waals surface area contributed by atoms with E-state index < -0.39 is 23.0 Å². The average molecular weight is 344 g/mol. The minimum atomic E-state index is -3.46. The first-order chi connectivity index (χ1) is 10.8. The fourth-order valence-corrected chi connectivity index (χ4v) is 2.80. The number of rotatable bonds is 7. The van der Waals surface area contributed by atoms with E-state index in [0.29, 0.717) is 5.69 Å². The number of alkyl halides is 2. The van der Waals surface area contributed by atoms with Crippen molar-refractivity contribution in [3.8, 4) is 0 Å². The van der Waals surface area contributed by atoms with E-state index in [0.717, 1.165) is 5.56 Å². The molecule has 0 fully saturated rings. The average Bonchev–Trinajstić information content (AvgIpc) is 2.93. The van der Waals surface area contributed by atoms with Crippen LogP contribution in [0.3, 0.4) is 0 Å². The second-order valence-corrected chi connectivity index (χ2v) is 6.87. The van der Waals surface area contributed by atoms with Gasteiger partial charge in [0, 0.05) is 12.2 Å². The van der Waals surface area contributed by atoms with Gasteiger partial charge in [-0.3, -0.25) is 4.68 Å². The molecule has 0 bridgehead atoms. The van der Waals surface area contributed by atoms with Crippen molar-refractivity contribution in [3.63, 3.8) is 0 Å². The molecule has 0 amide bonds. The number of hydrogen-bond donors (Lipinski definition) is 2. The second-order valence-electron chi connectivity index (χ2n) is 4.98. The monoisotopic (exact) mass is 344 g/mol. The summed E-state index contributed by atoms with van der Waals surface area (Å²) in [6.07, 6.45) is 0.517. The maximum Gasteiger partial charge on any atom is 0.257 e. The first kappa shape index (κ1) is 17.4. The third kappa shape index (κ3) is 4.49. The summed E-state index contributed by atoms with van der Waals surface area (Å²) in [6.45, 7) is 1.43. The molecule has 0 aliphatic rings. The molecule has 1 atom stereocenters. The van der Waals surface area contributed by atoms with Gasteiger partial charge < -0.3 is 5.32 Å². The maximum absolute atomic E-state index is 12.3. The molecule has 0 saturated carbocycles. The Balaban J connectivity index is 2.06. The third-order valence-corrected chi connectivity index (χ3v) is 4.73. The van der Waals surface area contributed by atoms with E-state index in [9.17, 15) is 17.2 Å². The molecule has 1 aromatic heterocycles. The molecule has 9 heteroatoms. The van der Waals surface area contributed by atoms with Crippen LogP contribution >= 0.6 is 0 Å². The molecule has 0 spiro atoms. The second kappa shape index (κ2) is 7.05. The van der Waals surface area contributed by atoms with E-state index in [-0.39, 0.29) is 10.9 Å². The van der Waals surface area contributed by atoms with Crippen LogP contribution in [0.25, 0.3) is 0 Å². The summed E-state index contributed by atoms with van der Waals surface area (Å²) in [5.41, 5.74) is 1.48. The van der Waals surface area contributed by atoms with Crippen LogP contribution in [0.15, 0.2) is 41.6 Å². The Morgan fingerprint density at radius 3 is 2.48 bits per heavy atom. The molecule has 23 heavy (non-hydrogen) atoms. The quantitative estimate of drug-likeness (QED) is 0.808. The maximum atomic E-state index is 12.3. The van der Waals surface area contributed by atoms with Crippen molar-refractivity contribution in [2.24, 2.45) is 0 Å². The summed E-state index contributed by atoms with van der Waals surface area (Å²) in [5.74, 6) is 0. The number of nitrogens with one attached hydrogen (secondary N) is 2. The van der Waals surface area contributed by atoms with Crippen LogP contribution in [0, 0.1) is 0 Å². The van der Waals surface area contributed by atoms with E-state index in [2.05, 4.69) is 15.1 Å². The van der Waals surface area contributed by atoms with Crippen LogP contribution in [0.1, 0.15) is 18.5 Å². The first-order valence-electron chi connectivity index (χ1n) is 6.92. The Morgan fingerprint density at radius 2 is 1.91 bits per heavy atom. The lowest BCUT2D eigenvalue weighted by atomic mass is 10.1. The number of halogens is 2. The zero-order valence-corrected chi connectivity index (χ0v) is 13.5. The first-order valence-corrected chi connectivity index (χ1v) is 8.41. The molecule has 1 heterocycles. The van der Waals surface area contributed by atoms with Crippen LogP contribution in [-0.4, -0.2) is 31.7 Å². The Bertz CT molecular complexity index is 744. The van der Waals surface area contributed by atoms with Crippen molar-refractivity contribution < 1.29 is 17.2 Å². The highest BCUT2D eigenvalue weighted by Gasteiger charge is 2.13. The molecular weight excluding hydrogens is 326 g/mol. The Morgan fingerprint density at radius 1 is 1.26 bits per heavy atom. The number of sulfonamides is 1.